The van der Waals surface area contributed by atoms with E-state index in [4.69, 9.17) is 15.2 Å². The molecule has 2 atom stereocenters. The van der Waals surface area contributed by atoms with E-state index in [0.717, 1.165) is 0 Å². The Bertz CT molecular complexity index is 300. The number of nitrogens with two attached hydrogens (primary N) is 1. The minimum Gasteiger partial charge on any atom is -0.379 e. The maximum absolute atomic E-state index is 11.8. The van der Waals surface area contributed by atoms with Crippen LogP contribution in [0.15, 0.2) is 0 Å². The molecular weight excluding hydrogens is 278 g/mol. The van der Waals surface area contributed by atoms with Gasteiger partial charge in [0, 0.05) is 6.54 Å². The standard InChI is InChI=1S/C13H27N3O5/c1-10(17)9-21-8-7-20-6-5-15-13(19)12(3-4-14)16-11(2)18/h11-12,16,18H,3-9,14H2,1-2H3,(H,15,19)/t11-,12+/m1/s1. The van der Waals surface area contributed by atoms with Gasteiger partial charge in [-0.15, -0.1) is 0 Å². The number of aliphatic hydroxyl groups is 1. The van der Waals surface area contributed by atoms with Gasteiger partial charge in [0.05, 0.1) is 25.9 Å². The molecule has 0 radical (unpaired) electrons. The molecule has 0 unspecified atom stereocenters. The molecule has 0 bridgehead atoms. The highest BCUT2D eigenvalue weighted by atomic mass is 16.5. The number of hydrogen-bond acceptors (Lipinski definition) is 7. The number of nitrogens with one attached hydrogen (secondary N) is 2. The van der Waals surface area contributed by atoms with E-state index in [9.17, 15) is 14.7 Å². The zero-order valence-corrected chi connectivity index (χ0v) is 12.8. The van der Waals surface area contributed by atoms with Crippen molar-refractivity contribution in [1.29, 1.82) is 0 Å². The monoisotopic (exact) mass is 305 g/mol. The van der Waals surface area contributed by atoms with E-state index in [-0.39, 0.29) is 18.3 Å². The van der Waals surface area contributed by atoms with Crippen LogP contribution in [0, 0.1) is 0 Å². The normalized spacial score (nSPS) is 13.7. The minimum atomic E-state index is -0.776. The van der Waals surface area contributed by atoms with Crippen LogP contribution >= 0.6 is 0 Å². The number of carbonyl (C=O) groups excluding carboxylic acids is 2. The first kappa shape index (κ1) is 19.9. The van der Waals surface area contributed by atoms with E-state index in [1.807, 2.05) is 0 Å². The van der Waals surface area contributed by atoms with E-state index >= 15 is 0 Å². The molecule has 0 aliphatic carbocycles. The Hall–Kier alpha value is -1.06. The molecule has 0 aromatic carbocycles. The third-order valence-electron chi connectivity index (χ3n) is 2.44. The molecule has 0 aromatic rings. The Morgan fingerprint density at radius 1 is 1.24 bits per heavy atom. The summed E-state index contributed by atoms with van der Waals surface area (Å²) in [7, 11) is 0. The Kier molecular flexibility index (Phi) is 12.0. The zero-order valence-electron chi connectivity index (χ0n) is 12.8. The molecule has 0 rings (SSSR count). The van der Waals surface area contributed by atoms with Crippen LogP contribution in [0.3, 0.4) is 0 Å². The van der Waals surface area contributed by atoms with Gasteiger partial charge in [0.15, 0.2) is 5.78 Å². The van der Waals surface area contributed by atoms with Gasteiger partial charge in [0.1, 0.15) is 12.8 Å². The number of ketones is 1. The highest BCUT2D eigenvalue weighted by molar-refractivity contribution is 5.81. The van der Waals surface area contributed by atoms with Crippen LogP contribution < -0.4 is 16.4 Å². The predicted octanol–water partition coefficient (Wildman–Crippen LogP) is -1.63. The van der Waals surface area contributed by atoms with Gasteiger partial charge in [0.2, 0.25) is 5.91 Å². The maximum Gasteiger partial charge on any atom is 0.237 e. The van der Waals surface area contributed by atoms with Crippen molar-refractivity contribution in [2.24, 2.45) is 5.73 Å². The molecule has 0 aromatic heterocycles. The highest BCUT2D eigenvalue weighted by Gasteiger charge is 2.17. The van der Waals surface area contributed by atoms with Crippen molar-refractivity contribution in [2.45, 2.75) is 32.5 Å². The van der Waals surface area contributed by atoms with Gasteiger partial charge in [-0.25, -0.2) is 0 Å². The minimum absolute atomic E-state index is 0.0289. The van der Waals surface area contributed by atoms with Gasteiger partial charge in [-0.2, -0.15) is 0 Å². The topological polar surface area (TPSA) is 123 Å². The number of hydrogen-bond donors (Lipinski definition) is 4. The lowest BCUT2D eigenvalue weighted by molar-refractivity contribution is -0.125. The van der Waals surface area contributed by atoms with E-state index < -0.39 is 12.3 Å². The number of rotatable bonds is 13. The van der Waals surface area contributed by atoms with E-state index in [2.05, 4.69) is 10.6 Å². The Morgan fingerprint density at radius 2 is 1.90 bits per heavy atom. The summed E-state index contributed by atoms with van der Waals surface area (Å²) in [5.74, 6) is -0.253. The van der Waals surface area contributed by atoms with Gasteiger partial charge >= 0.3 is 0 Å². The van der Waals surface area contributed by atoms with Gasteiger partial charge in [0.25, 0.3) is 0 Å². The van der Waals surface area contributed by atoms with E-state index in [0.29, 0.717) is 39.3 Å². The average molecular weight is 305 g/mol. The fourth-order valence-corrected chi connectivity index (χ4v) is 1.55. The Balaban J connectivity index is 3.64. The molecule has 0 saturated heterocycles. The van der Waals surface area contributed by atoms with Crippen LogP contribution in [0.1, 0.15) is 20.3 Å². The summed E-state index contributed by atoms with van der Waals surface area (Å²) >= 11 is 0. The smallest absolute Gasteiger partial charge is 0.237 e. The molecule has 8 heteroatoms. The summed E-state index contributed by atoms with van der Waals surface area (Å²) in [6.07, 6.45) is -0.335. The maximum atomic E-state index is 11.8. The van der Waals surface area contributed by atoms with Crippen molar-refractivity contribution < 1.29 is 24.2 Å². The molecule has 0 aliphatic heterocycles. The highest BCUT2D eigenvalue weighted by Crippen LogP contribution is 1.92. The second-order valence-electron chi connectivity index (χ2n) is 4.63. The second-order valence-corrected chi connectivity index (χ2v) is 4.63. The van der Waals surface area contributed by atoms with Crippen LogP contribution in [0.25, 0.3) is 0 Å². The lowest BCUT2D eigenvalue weighted by atomic mass is 10.2. The molecular formula is C13H27N3O5. The summed E-state index contributed by atoms with van der Waals surface area (Å²) in [6.45, 7) is 4.84. The van der Waals surface area contributed by atoms with Crippen LogP contribution in [-0.2, 0) is 19.1 Å². The fraction of sp³-hybridized carbons (Fsp3) is 0.846. The first-order valence-corrected chi connectivity index (χ1v) is 7.04. The van der Waals surface area contributed by atoms with E-state index in [1.54, 1.807) is 6.92 Å². The number of carbonyl (C=O) groups is 2. The number of ether oxygens (including phenoxy) is 2. The van der Waals surface area contributed by atoms with Gasteiger partial charge in [-0.1, -0.05) is 0 Å². The number of Topliss-reactive ketones (excluding diaryl/α,β-unsaturated/α-hetero) is 1. The predicted molar refractivity (Wildman–Crippen MR) is 77.6 cm³/mol. The van der Waals surface area contributed by atoms with Crippen LogP contribution in [0.4, 0.5) is 0 Å². The summed E-state index contributed by atoms with van der Waals surface area (Å²) in [6, 6.07) is -0.520. The van der Waals surface area contributed by atoms with Crippen molar-refractivity contribution in [3.8, 4) is 0 Å². The molecule has 0 saturated carbocycles. The summed E-state index contributed by atoms with van der Waals surface area (Å²) in [5, 5.41) is 14.7. The largest absolute Gasteiger partial charge is 0.379 e. The molecule has 0 spiro atoms. The molecule has 8 nitrogen and oxygen atoms in total. The fourth-order valence-electron chi connectivity index (χ4n) is 1.55. The molecule has 5 N–H and O–H groups in total. The number of aliphatic hydroxyl groups excluding tert-OH is 1. The first-order chi connectivity index (χ1) is 9.97. The Labute approximate surface area is 125 Å². The number of amides is 1. The summed E-state index contributed by atoms with van der Waals surface area (Å²) < 4.78 is 10.3. The lowest BCUT2D eigenvalue weighted by Crippen LogP contribution is -2.49. The van der Waals surface area contributed by atoms with Crippen LogP contribution in [-0.4, -0.2) is 68.6 Å². The van der Waals surface area contributed by atoms with Gasteiger partial charge in [-0.3, -0.25) is 14.9 Å². The zero-order chi connectivity index (χ0) is 16.1. The first-order valence-electron chi connectivity index (χ1n) is 7.04. The van der Waals surface area contributed by atoms with E-state index in [1.165, 1.54) is 6.92 Å². The van der Waals surface area contributed by atoms with Gasteiger partial charge in [-0.05, 0) is 26.8 Å². The molecule has 124 valence electrons. The second kappa shape index (κ2) is 12.7. The summed E-state index contributed by atoms with van der Waals surface area (Å²) in [5.41, 5.74) is 5.42. The van der Waals surface area contributed by atoms with Crippen LogP contribution in [0.5, 0.6) is 0 Å². The SMILES string of the molecule is CC(=O)COCCOCCNC(=O)[C@H](CCN)N[C@@H](C)O. The Morgan fingerprint density at radius 3 is 2.48 bits per heavy atom. The molecule has 0 fully saturated rings. The molecule has 0 heterocycles. The van der Waals surface area contributed by atoms with Crippen molar-refractivity contribution in [2.75, 3.05) is 39.5 Å². The average Bonchev–Trinajstić information content (AvgIpc) is 2.40. The summed E-state index contributed by atoms with van der Waals surface area (Å²) in [4.78, 5) is 22.4. The quantitative estimate of drug-likeness (QED) is 0.238. The van der Waals surface area contributed by atoms with Crippen molar-refractivity contribution in [3.63, 3.8) is 0 Å². The van der Waals surface area contributed by atoms with Crippen molar-refractivity contribution in [1.82, 2.24) is 10.6 Å². The third-order valence-corrected chi connectivity index (χ3v) is 2.44. The van der Waals surface area contributed by atoms with Crippen molar-refractivity contribution in [3.05, 3.63) is 0 Å². The molecule has 0 aliphatic rings. The molecule has 1 amide bonds. The van der Waals surface area contributed by atoms with Gasteiger partial charge < -0.3 is 25.6 Å². The lowest BCUT2D eigenvalue weighted by Gasteiger charge is -2.19. The van der Waals surface area contributed by atoms with Crippen molar-refractivity contribution >= 4 is 11.7 Å². The van der Waals surface area contributed by atoms with Crippen LogP contribution in [0.2, 0.25) is 0 Å². The molecule has 21 heavy (non-hydrogen) atoms. The third kappa shape index (κ3) is 12.4.